The Labute approximate surface area is 127 Å². The lowest BCUT2D eigenvalue weighted by molar-refractivity contribution is 0.0468. The number of esters is 1. The number of aryl methyl sites for hydroxylation is 1. The molecule has 1 aromatic heterocycles. The Morgan fingerprint density at radius 1 is 1.05 bits per heavy atom. The summed E-state index contributed by atoms with van der Waals surface area (Å²) >= 11 is 0. The highest BCUT2D eigenvalue weighted by molar-refractivity contribution is 6.00. The lowest BCUT2D eigenvalue weighted by Crippen LogP contribution is -2.13. The highest BCUT2D eigenvalue weighted by Gasteiger charge is 2.15. The van der Waals surface area contributed by atoms with Gasteiger partial charge in [0.05, 0.1) is 5.56 Å². The SMILES string of the molecule is Cc1cccc(C(=O)OCC(=O)c2cc3ccccc3o2)c1. The zero-order valence-corrected chi connectivity index (χ0v) is 12.0. The summed E-state index contributed by atoms with van der Waals surface area (Å²) in [5, 5.41) is 0.843. The van der Waals surface area contributed by atoms with Gasteiger partial charge in [0, 0.05) is 5.39 Å². The number of furan rings is 1. The van der Waals surface area contributed by atoms with E-state index in [2.05, 4.69) is 0 Å². The van der Waals surface area contributed by atoms with Crippen LogP contribution < -0.4 is 0 Å². The minimum absolute atomic E-state index is 0.193. The number of ketones is 1. The number of Topliss-reactive ketones (excluding diaryl/α,β-unsaturated/α-hetero) is 1. The molecule has 0 saturated heterocycles. The van der Waals surface area contributed by atoms with Crippen molar-refractivity contribution in [2.24, 2.45) is 0 Å². The van der Waals surface area contributed by atoms with Crippen LogP contribution in [0.1, 0.15) is 26.5 Å². The normalized spacial score (nSPS) is 10.6. The quantitative estimate of drug-likeness (QED) is 0.543. The van der Waals surface area contributed by atoms with Crippen LogP contribution in [0.5, 0.6) is 0 Å². The molecule has 0 amide bonds. The Balaban J connectivity index is 1.68. The van der Waals surface area contributed by atoms with Gasteiger partial charge in [-0.1, -0.05) is 35.9 Å². The summed E-state index contributed by atoms with van der Waals surface area (Å²) in [7, 11) is 0. The third-order valence-corrected chi connectivity index (χ3v) is 3.29. The van der Waals surface area contributed by atoms with E-state index in [1.54, 1.807) is 30.3 Å². The molecule has 0 radical (unpaired) electrons. The Hall–Kier alpha value is -2.88. The third kappa shape index (κ3) is 2.91. The zero-order valence-electron chi connectivity index (χ0n) is 12.0. The lowest BCUT2D eigenvalue weighted by atomic mass is 10.1. The van der Waals surface area contributed by atoms with E-state index in [-0.39, 0.29) is 18.2 Å². The monoisotopic (exact) mass is 294 g/mol. The van der Waals surface area contributed by atoms with Crippen LogP contribution in [-0.4, -0.2) is 18.4 Å². The van der Waals surface area contributed by atoms with Crippen LogP contribution >= 0.6 is 0 Å². The maximum atomic E-state index is 12.0. The molecule has 22 heavy (non-hydrogen) atoms. The molecule has 1 heterocycles. The fourth-order valence-electron chi connectivity index (χ4n) is 2.18. The molecular formula is C18H14O4. The summed E-state index contributed by atoms with van der Waals surface area (Å²) in [6.45, 7) is 1.54. The Bertz CT molecular complexity index is 812. The Kier molecular flexibility index (Phi) is 3.74. The highest BCUT2D eigenvalue weighted by atomic mass is 16.5. The molecular weight excluding hydrogens is 280 g/mol. The zero-order chi connectivity index (χ0) is 15.5. The van der Waals surface area contributed by atoms with Gasteiger partial charge in [-0.05, 0) is 31.2 Å². The van der Waals surface area contributed by atoms with E-state index in [1.807, 2.05) is 31.2 Å². The van der Waals surface area contributed by atoms with Crippen molar-refractivity contribution in [1.82, 2.24) is 0 Å². The fourth-order valence-corrected chi connectivity index (χ4v) is 2.18. The largest absolute Gasteiger partial charge is 0.454 e. The van der Waals surface area contributed by atoms with Crippen molar-refractivity contribution in [2.45, 2.75) is 6.92 Å². The van der Waals surface area contributed by atoms with Gasteiger partial charge >= 0.3 is 5.97 Å². The first-order valence-electron chi connectivity index (χ1n) is 6.89. The van der Waals surface area contributed by atoms with Gasteiger partial charge in [0.2, 0.25) is 5.78 Å². The maximum absolute atomic E-state index is 12.0. The first-order valence-corrected chi connectivity index (χ1v) is 6.89. The van der Waals surface area contributed by atoms with Gasteiger partial charge in [0.1, 0.15) is 5.58 Å². The van der Waals surface area contributed by atoms with Crippen molar-refractivity contribution >= 4 is 22.7 Å². The van der Waals surface area contributed by atoms with E-state index < -0.39 is 5.97 Å². The number of ether oxygens (including phenoxy) is 1. The molecule has 2 aromatic carbocycles. The minimum Gasteiger partial charge on any atom is -0.454 e. The van der Waals surface area contributed by atoms with E-state index in [1.165, 1.54) is 0 Å². The first-order chi connectivity index (χ1) is 10.6. The second-order valence-electron chi connectivity index (χ2n) is 5.02. The summed E-state index contributed by atoms with van der Waals surface area (Å²) in [4.78, 5) is 23.9. The van der Waals surface area contributed by atoms with Crippen LogP contribution in [0.4, 0.5) is 0 Å². The van der Waals surface area contributed by atoms with E-state index in [4.69, 9.17) is 9.15 Å². The van der Waals surface area contributed by atoms with Gasteiger partial charge in [-0.15, -0.1) is 0 Å². The molecule has 0 aliphatic heterocycles. The van der Waals surface area contributed by atoms with Gasteiger partial charge in [-0.25, -0.2) is 4.79 Å². The summed E-state index contributed by atoms with van der Waals surface area (Å²) in [6, 6.07) is 16.0. The van der Waals surface area contributed by atoms with Crippen LogP contribution in [0.25, 0.3) is 11.0 Å². The van der Waals surface area contributed by atoms with E-state index in [9.17, 15) is 9.59 Å². The summed E-state index contributed by atoms with van der Waals surface area (Å²) < 4.78 is 10.5. The second kappa shape index (κ2) is 5.85. The first kappa shape index (κ1) is 14.1. The van der Waals surface area contributed by atoms with Gasteiger partial charge < -0.3 is 9.15 Å². The van der Waals surface area contributed by atoms with Crippen LogP contribution in [0.3, 0.4) is 0 Å². The minimum atomic E-state index is -0.520. The lowest BCUT2D eigenvalue weighted by Gasteiger charge is -2.03. The molecule has 0 aliphatic rings. The number of para-hydroxylation sites is 1. The molecule has 0 atom stereocenters. The number of rotatable bonds is 4. The topological polar surface area (TPSA) is 56.5 Å². The third-order valence-electron chi connectivity index (χ3n) is 3.29. The highest BCUT2D eigenvalue weighted by Crippen LogP contribution is 2.19. The van der Waals surface area contributed by atoms with Crippen LogP contribution in [0.15, 0.2) is 59.0 Å². The summed E-state index contributed by atoms with van der Waals surface area (Å²) in [6.07, 6.45) is 0. The Morgan fingerprint density at radius 2 is 1.86 bits per heavy atom. The molecule has 4 heteroatoms. The molecule has 0 fully saturated rings. The molecule has 3 rings (SSSR count). The van der Waals surface area contributed by atoms with Crippen molar-refractivity contribution in [3.8, 4) is 0 Å². The molecule has 0 saturated carbocycles. The number of carbonyl (C=O) groups is 2. The van der Waals surface area contributed by atoms with Crippen molar-refractivity contribution in [3.05, 3.63) is 71.5 Å². The number of hydrogen-bond donors (Lipinski definition) is 0. The van der Waals surface area contributed by atoms with Crippen LogP contribution in [0, 0.1) is 6.92 Å². The number of benzene rings is 2. The summed E-state index contributed by atoms with van der Waals surface area (Å²) in [5.74, 6) is -0.691. The van der Waals surface area contributed by atoms with Crippen molar-refractivity contribution in [1.29, 1.82) is 0 Å². The standard InChI is InChI=1S/C18H14O4/c1-12-5-4-7-14(9-12)18(20)21-11-15(19)17-10-13-6-2-3-8-16(13)22-17/h2-10H,11H2,1H3. The van der Waals surface area contributed by atoms with Crippen LogP contribution in [-0.2, 0) is 4.74 Å². The molecule has 110 valence electrons. The van der Waals surface area contributed by atoms with E-state index in [0.29, 0.717) is 11.1 Å². The van der Waals surface area contributed by atoms with Gasteiger partial charge in [-0.3, -0.25) is 4.79 Å². The average Bonchev–Trinajstić information content (AvgIpc) is 2.96. The summed E-state index contributed by atoms with van der Waals surface area (Å²) in [5.41, 5.74) is 2.02. The smallest absolute Gasteiger partial charge is 0.338 e. The van der Waals surface area contributed by atoms with Gasteiger partial charge in [-0.2, -0.15) is 0 Å². The second-order valence-corrected chi connectivity index (χ2v) is 5.02. The predicted octanol–water partition coefficient (Wildman–Crippen LogP) is 3.78. The van der Waals surface area contributed by atoms with E-state index >= 15 is 0 Å². The molecule has 0 N–H and O–H groups in total. The fraction of sp³-hybridized carbons (Fsp3) is 0.111. The Morgan fingerprint density at radius 3 is 2.64 bits per heavy atom. The molecule has 4 nitrogen and oxygen atoms in total. The number of fused-ring (bicyclic) bond motifs is 1. The van der Waals surface area contributed by atoms with Crippen molar-refractivity contribution in [3.63, 3.8) is 0 Å². The van der Waals surface area contributed by atoms with Gasteiger partial charge in [0.15, 0.2) is 12.4 Å². The molecule has 0 spiro atoms. The number of hydrogen-bond acceptors (Lipinski definition) is 4. The van der Waals surface area contributed by atoms with Crippen molar-refractivity contribution in [2.75, 3.05) is 6.61 Å². The van der Waals surface area contributed by atoms with E-state index in [0.717, 1.165) is 10.9 Å². The predicted molar refractivity (Wildman–Crippen MR) is 82.0 cm³/mol. The number of carbonyl (C=O) groups excluding carboxylic acids is 2. The van der Waals surface area contributed by atoms with Gasteiger partial charge in [0.25, 0.3) is 0 Å². The molecule has 3 aromatic rings. The molecule has 0 bridgehead atoms. The maximum Gasteiger partial charge on any atom is 0.338 e. The van der Waals surface area contributed by atoms with Crippen molar-refractivity contribution < 1.29 is 18.7 Å². The molecule has 0 unspecified atom stereocenters. The molecule has 0 aliphatic carbocycles. The average molecular weight is 294 g/mol. The van der Waals surface area contributed by atoms with Crippen LogP contribution in [0.2, 0.25) is 0 Å².